The summed E-state index contributed by atoms with van der Waals surface area (Å²) in [6, 6.07) is 13.8. The number of methoxy groups -OCH3 is 1. The summed E-state index contributed by atoms with van der Waals surface area (Å²) in [6.07, 6.45) is 3.29. The first kappa shape index (κ1) is 33.8. The minimum absolute atomic E-state index is 0.0541. The number of aromatic hydroxyl groups is 1. The third kappa shape index (κ3) is 7.45. The Morgan fingerprint density at radius 2 is 1.90 bits per heavy atom. The van der Waals surface area contributed by atoms with E-state index in [1.807, 2.05) is 4.98 Å². The van der Waals surface area contributed by atoms with Crippen LogP contribution in [0.4, 0.5) is 15.8 Å². The molecule has 0 saturated carbocycles. The number of hydrogen-bond donors (Lipinski definition) is 2. The van der Waals surface area contributed by atoms with E-state index >= 15 is 4.39 Å². The SMILES string of the molecule is COc1cc2c(Oc3ccc(N=Cc4c(O)n(-c5cccc([N+](=O)[O-])c5)c(=O)[nH]c4=O)cc3F)ccnc2cc1OCCCN1CCOCC1. The fraction of sp³-hybridized carbons (Fsp3) is 0.235. The van der Waals surface area contributed by atoms with E-state index in [-0.39, 0.29) is 22.8 Å². The highest BCUT2D eigenvalue weighted by atomic mass is 19.1. The van der Waals surface area contributed by atoms with Gasteiger partial charge in [0, 0.05) is 61.7 Å². The number of pyridine rings is 1. The second-order valence-electron chi connectivity index (χ2n) is 11.1. The number of nitro benzene ring substituents is 1. The maximum absolute atomic E-state index is 15.3. The molecule has 2 aromatic heterocycles. The highest BCUT2D eigenvalue weighted by molar-refractivity contribution is 5.88. The average Bonchev–Trinajstić information content (AvgIpc) is 3.11. The Bertz CT molecular complexity index is 2200. The van der Waals surface area contributed by atoms with Crippen molar-refractivity contribution in [2.45, 2.75) is 6.42 Å². The minimum Gasteiger partial charge on any atom is -0.493 e. The number of aromatic amines is 1. The van der Waals surface area contributed by atoms with Crippen molar-refractivity contribution < 1.29 is 33.4 Å². The molecule has 3 aromatic carbocycles. The van der Waals surface area contributed by atoms with Crippen molar-refractivity contribution in [2.24, 2.45) is 4.99 Å². The molecule has 0 amide bonds. The number of nitrogens with zero attached hydrogens (tertiary/aromatic N) is 5. The molecule has 3 heterocycles. The monoisotopic (exact) mass is 686 g/mol. The number of fused-ring (bicyclic) bond motifs is 1. The molecule has 15 nitrogen and oxygen atoms in total. The summed E-state index contributed by atoms with van der Waals surface area (Å²) >= 11 is 0. The zero-order chi connectivity index (χ0) is 35.2. The smallest absolute Gasteiger partial charge is 0.335 e. The zero-order valence-electron chi connectivity index (χ0n) is 26.7. The van der Waals surface area contributed by atoms with E-state index in [2.05, 4.69) is 14.9 Å². The molecular weight excluding hydrogens is 655 g/mol. The van der Waals surface area contributed by atoms with Crippen LogP contribution in [0.1, 0.15) is 12.0 Å². The van der Waals surface area contributed by atoms with Gasteiger partial charge in [-0.15, -0.1) is 0 Å². The van der Waals surface area contributed by atoms with Crippen LogP contribution in [0.3, 0.4) is 0 Å². The van der Waals surface area contributed by atoms with E-state index in [9.17, 15) is 24.8 Å². The topological polar surface area (TPSA) is 184 Å². The fourth-order valence-electron chi connectivity index (χ4n) is 5.34. The van der Waals surface area contributed by atoms with E-state index in [1.165, 1.54) is 43.6 Å². The molecule has 2 N–H and O–H groups in total. The van der Waals surface area contributed by atoms with Crippen molar-refractivity contribution in [2.75, 3.05) is 46.6 Å². The number of aliphatic imine (C=N–C) groups is 1. The largest absolute Gasteiger partial charge is 0.493 e. The maximum atomic E-state index is 15.3. The van der Waals surface area contributed by atoms with Crippen LogP contribution in [0.15, 0.2) is 81.4 Å². The van der Waals surface area contributed by atoms with E-state index in [0.29, 0.717) is 39.3 Å². The fourth-order valence-corrected chi connectivity index (χ4v) is 5.34. The summed E-state index contributed by atoms with van der Waals surface area (Å²) in [4.78, 5) is 48.4. The number of rotatable bonds is 12. The van der Waals surface area contributed by atoms with Crippen molar-refractivity contribution in [3.05, 3.63) is 109 Å². The van der Waals surface area contributed by atoms with Crippen LogP contribution in [0.2, 0.25) is 0 Å². The van der Waals surface area contributed by atoms with Gasteiger partial charge in [0.25, 0.3) is 11.2 Å². The van der Waals surface area contributed by atoms with Gasteiger partial charge in [-0.05, 0) is 36.8 Å². The molecule has 258 valence electrons. The number of non-ortho nitro benzene ring substituents is 1. The average molecular weight is 687 g/mol. The van der Waals surface area contributed by atoms with Crippen LogP contribution in [0.25, 0.3) is 16.6 Å². The Kier molecular flexibility index (Phi) is 10.1. The lowest BCUT2D eigenvalue weighted by molar-refractivity contribution is -0.384. The number of nitrogens with one attached hydrogen (secondary N) is 1. The molecule has 16 heteroatoms. The quantitative estimate of drug-likeness (QED) is 0.0817. The Labute approximate surface area is 282 Å². The van der Waals surface area contributed by atoms with Gasteiger partial charge in [-0.3, -0.25) is 34.8 Å². The first-order valence-electron chi connectivity index (χ1n) is 15.5. The zero-order valence-corrected chi connectivity index (χ0v) is 26.7. The van der Waals surface area contributed by atoms with Crippen molar-refractivity contribution in [3.63, 3.8) is 0 Å². The van der Waals surface area contributed by atoms with Crippen LogP contribution in [-0.2, 0) is 4.74 Å². The summed E-state index contributed by atoms with van der Waals surface area (Å²) in [6.45, 7) is 4.64. The van der Waals surface area contributed by atoms with Crippen LogP contribution in [-0.4, -0.2) is 82.2 Å². The molecule has 1 aliphatic rings. The van der Waals surface area contributed by atoms with E-state index < -0.39 is 33.4 Å². The molecule has 1 saturated heterocycles. The predicted octanol–water partition coefficient (Wildman–Crippen LogP) is 4.48. The van der Waals surface area contributed by atoms with Gasteiger partial charge in [-0.2, -0.15) is 0 Å². The van der Waals surface area contributed by atoms with Crippen LogP contribution in [0.5, 0.6) is 28.9 Å². The van der Waals surface area contributed by atoms with Crippen molar-refractivity contribution >= 4 is 28.5 Å². The number of benzene rings is 3. The Balaban J connectivity index is 1.19. The van der Waals surface area contributed by atoms with Crippen molar-refractivity contribution in [3.8, 4) is 34.6 Å². The number of nitro groups is 1. The first-order valence-corrected chi connectivity index (χ1v) is 15.5. The van der Waals surface area contributed by atoms with Gasteiger partial charge in [0.05, 0.1) is 48.7 Å². The lowest BCUT2D eigenvalue weighted by atomic mass is 10.1. The molecule has 0 bridgehead atoms. The van der Waals surface area contributed by atoms with Gasteiger partial charge in [0.15, 0.2) is 23.1 Å². The molecule has 1 aliphatic heterocycles. The van der Waals surface area contributed by atoms with E-state index in [4.69, 9.17) is 18.9 Å². The molecule has 0 unspecified atom stereocenters. The molecule has 5 aromatic rings. The maximum Gasteiger partial charge on any atom is 0.335 e. The molecule has 0 spiro atoms. The lowest BCUT2D eigenvalue weighted by Crippen LogP contribution is -2.37. The van der Waals surface area contributed by atoms with E-state index in [0.717, 1.165) is 57.6 Å². The summed E-state index contributed by atoms with van der Waals surface area (Å²) in [5, 5.41) is 22.5. The summed E-state index contributed by atoms with van der Waals surface area (Å²) < 4.78 is 38.9. The molecule has 0 aliphatic carbocycles. The van der Waals surface area contributed by atoms with Crippen LogP contribution in [0, 0.1) is 15.9 Å². The van der Waals surface area contributed by atoms with Crippen molar-refractivity contribution in [1.29, 1.82) is 0 Å². The van der Waals surface area contributed by atoms with Gasteiger partial charge in [0.1, 0.15) is 11.3 Å². The minimum atomic E-state index is -1.03. The first-order chi connectivity index (χ1) is 24.2. The third-order valence-corrected chi connectivity index (χ3v) is 7.86. The Morgan fingerprint density at radius 1 is 1.08 bits per heavy atom. The molecule has 50 heavy (non-hydrogen) atoms. The molecular formula is C34H31FN6O9. The number of hydrogen-bond acceptors (Lipinski definition) is 12. The van der Waals surface area contributed by atoms with Gasteiger partial charge in [-0.25, -0.2) is 13.8 Å². The summed E-state index contributed by atoms with van der Waals surface area (Å²) in [5.74, 6) is -0.435. The van der Waals surface area contributed by atoms with Crippen molar-refractivity contribution in [1.82, 2.24) is 19.4 Å². The van der Waals surface area contributed by atoms with Gasteiger partial charge < -0.3 is 24.1 Å². The van der Waals surface area contributed by atoms with Gasteiger partial charge in [-0.1, -0.05) is 6.07 Å². The molecule has 0 radical (unpaired) electrons. The summed E-state index contributed by atoms with van der Waals surface area (Å²) in [7, 11) is 1.52. The second kappa shape index (κ2) is 15.0. The van der Waals surface area contributed by atoms with Crippen LogP contribution >= 0.6 is 0 Å². The predicted molar refractivity (Wildman–Crippen MR) is 180 cm³/mol. The standard InChI is InChI=1S/C34H31FN6O9/c1-47-30-18-24-27(19-31(30)49-13-3-10-39-11-14-48-15-12-39)36-9-8-28(24)50-29-7-6-21(16-26(29)35)37-20-25-32(42)38-34(44)40(33(25)43)22-4-2-5-23(17-22)41(45)46/h2,4-9,16-20,43H,3,10-15H2,1H3,(H,38,42,44). The lowest BCUT2D eigenvalue weighted by Gasteiger charge is -2.26. The Morgan fingerprint density at radius 3 is 2.66 bits per heavy atom. The second-order valence-corrected chi connectivity index (χ2v) is 11.1. The van der Waals surface area contributed by atoms with Gasteiger partial charge in [0.2, 0.25) is 5.88 Å². The number of ether oxygens (including phenoxy) is 4. The molecule has 6 rings (SSSR count). The summed E-state index contributed by atoms with van der Waals surface area (Å²) in [5.41, 5.74) is -2.24. The van der Waals surface area contributed by atoms with Gasteiger partial charge >= 0.3 is 5.69 Å². The number of morpholine rings is 1. The molecule has 0 atom stereocenters. The van der Waals surface area contributed by atoms with Crippen LogP contribution < -0.4 is 25.5 Å². The number of halogens is 1. The highest BCUT2D eigenvalue weighted by Crippen LogP contribution is 2.38. The Hall–Kier alpha value is -6.13. The van der Waals surface area contributed by atoms with E-state index in [1.54, 1.807) is 18.2 Å². The normalized spacial score (nSPS) is 13.5. The number of aromatic nitrogens is 3. The highest BCUT2D eigenvalue weighted by Gasteiger charge is 2.18. The molecule has 1 fully saturated rings. The number of H-pyrrole nitrogens is 1. The third-order valence-electron chi connectivity index (χ3n) is 7.86.